The smallest absolute Gasteiger partial charge is 0.390 e. The first-order chi connectivity index (χ1) is 9.16. The molecular weight excluding hydrogens is 368 g/mol. The van der Waals surface area contributed by atoms with Crippen molar-refractivity contribution in [2.24, 2.45) is 0 Å². The minimum absolute atomic E-state index is 0.0695. The molecule has 0 aliphatic carbocycles. The van der Waals surface area contributed by atoms with Gasteiger partial charge in [-0.1, -0.05) is 15.9 Å². The molecule has 10 heteroatoms. The Kier molecular flexibility index (Phi) is 5.60. The van der Waals surface area contributed by atoms with Gasteiger partial charge in [0.25, 0.3) is 5.69 Å². The summed E-state index contributed by atoms with van der Waals surface area (Å²) in [7, 11) is 0. The van der Waals surface area contributed by atoms with Crippen LogP contribution in [0.2, 0.25) is 0 Å². The highest BCUT2D eigenvalue weighted by Crippen LogP contribution is 2.41. The molecular formula is C10H9BrClF3N2O3. The predicted octanol–water partition coefficient (Wildman–Crippen LogP) is 3.39. The Labute approximate surface area is 125 Å². The molecule has 1 atom stereocenters. The van der Waals surface area contributed by atoms with Crippen molar-refractivity contribution in [3.8, 4) is 0 Å². The van der Waals surface area contributed by atoms with Gasteiger partial charge in [0.15, 0.2) is 0 Å². The van der Waals surface area contributed by atoms with Crippen LogP contribution in [0.25, 0.3) is 0 Å². The first kappa shape index (κ1) is 17.0. The Hall–Kier alpha value is -1.06. The molecule has 0 bridgehead atoms. The summed E-state index contributed by atoms with van der Waals surface area (Å²) in [5, 5.41) is 22.3. The van der Waals surface area contributed by atoms with Gasteiger partial charge >= 0.3 is 6.18 Å². The monoisotopic (exact) mass is 376 g/mol. The van der Waals surface area contributed by atoms with E-state index in [0.717, 1.165) is 12.1 Å². The van der Waals surface area contributed by atoms with Crippen LogP contribution < -0.4 is 5.32 Å². The van der Waals surface area contributed by atoms with E-state index in [-0.39, 0.29) is 16.9 Å². The van der Waals surface area contributed by atoms with E-state index in [1.165, 1.54) is 0 Å². The highest BCUT2D eigenvalue weighted by molar-refractivity contribution is 9.10. The molecule has 0 saturated carbocycles. The zero-order valence-corrected chi connectivity index (χ0v) is 12.1. The lowest BCUT2D eigenvalue weighted by Crippen LogP contribution is -2.23. The van der Waals surface area contributed by atoms with E-state index in [1.54, 1.807) is 0 Å². The fourth-order valence-electron chi connectivity index (χ4n) is 1.42. The van der Waals surface area contributed by atoms with E-state index >= 15 is 0 Å². The molecule has 0 spiro atoms. The summed E-state index contributed by atoms with van der Waals surface area (Å²) >= 11 is 8.12. The molecule has 0 aliphatic rings. The number of nitro benzene ring substituents is 1. The van der Waals surface area contributed by atoms with Gasteiger partial charge in [-0.15, -0.1) is 11.6 Å². The molecule has 1 unspecified atom stereocenters. The van der Waals surface area contributed by atoms with Gasteiger partial charge < -0.3 is 10.4 Å². The maximum atomic E-state index is 12.9. The van der Waals surface area contributed by atoms with Gasteiger partial charge in [-0.2, -0.15) is 13.2 Å². The minimum Gasteiger partial charge on any atom is -0.390 e. The van der Waals surface area contributed by atoms with Crippen LogP contribution in [0, 0.1) is 10.1 Å². The van der Waals surface area contributed by atoms with Gasteiger partial charge in [0.05, 0.1) is 22.5 Å². The molecule has 0 radical (unpaired) electrons. The van der Waals surface area contributed by atoms with Crippen molar-refractivity contribution in [1.82, 2.24) is 0 Å². The number of nitrogens with zero attached hydrogens (tertiary/aromatic N) is 1. The molecule has 0 amide bonds. The Morgan fingerprint density at radius 2 is 2.10 bits per heavy atom. The lowest BCUT2D eigenvalue weighted by molar-refractivity contribution is -0.384. The Bertz CT molecular complexity index is 513. The number of aliphatic hydroxyl groups excluding tert-OH is 1. The van der Waals surface area contributed by atoms with Crippen molar-refractivity contribution < 1.29 is 23.2 Å². The van der Waals surface area contributed by atoms with Gasteiger partial charge in [0.2, 0.25) is 0 Å². The number of halogens is 5. The highest BCUT2D eigenvalue weighted by atomic mass is 79.9. The van der Waals surface area contributed by atoms with E-state index in [1.807, 2.05) is 0 Å². The molecule has 1 rings (SSSR count). The van der Waals surface area contributed by atoms with Gasteiger partial charge in [0.1, 0.15) is 5.69 Å². The summed E-state index contributed by atoms with van der Waals surface area (Å²) in [4.78, 5) is 9.92. The summed E-state index contributed by atoms with van der Waals surface area (Å²) < 4.78 is 38.6. The molecule has 0 aromatic heterocycles. The number of benzene rings is 1. The average Bonchev–Trinajstić information content (AvgIpc) is 2.34. The Balaban J connectivity index is 3.31. The third-order valence-corrected chi connectivity index (χ3v) is 3.09. The first-order valence-electron chi connectivity index (χ1n) is 5.19. The molecule has 5 nitrogen and oxygen atoms in total. The molecule has 0 fully saturated rings. The van der Waals surface area contributed by atoms with Crippen LogP contribution in [-0.2, 0) is 6.18 Å². The van der Waals surface area contributed by atoms with Crippen LogP contribution in [0.15, 0.2) is 16.6 Å². The van der Waals surface area contributed by atoms with Crippen molar-refractivity contribution in [3.05, 3.63) is 32.3 Å². The third-order valence-electron chi connectivity index (χ3n) is 2.28. The fraction of sp³-hybridized carbons (Fsp3) is 0.400. The third kappa shape index (κ3) is 4.22. The Morgan fingerprint density at radius 1 is 1.50 bits per heavy atom. The van der Waals surface area contributed by atoms with Gasteiger partial charge in [-0.05, 0) is 6.07 Å². The van der Waals surface area contributed by atoms with Crippen molar-refractivity contribution in [2.45, 2.75) is 12.3 Å². The van der Waals surface area contributed by atoms with Crippen molar-refractivity contribution in [1.29, 1.82) is 0 Å². The second-order valence-electron chi connectivity index (χ2n) is 3.79. The van der Waals surface area contributed by atoms with Crippen molar-refractivity contribution in [3.63, 3.8) is 0 Å². The number of hydrogen-bond donors (Lipinski definition) is 2. The number of nitro groups is 1. The van der Waals surface area contributed by atoms with Crippen LogP contribution in [-0.4, -0.2) is 28.6 Å². The number of aliphatic hydroxyl groups is 1. The van der Waals surface area contributed by atoms with E-state index in [2.05, 4.69) is 21.2 Å². The summed E-state index contributed by atoms with van der Waals surface area (Å²) in [5.74, 6) is -0.210. The number of hydrogen-bond acceptors (Lipinski definition) is 4. The van der Waals surface area contributed by atoms with Crippen molar-refractivity contribution in [2.75, 3.05) is 17.7 Å². The summed E-state index contributed by atoms with van der Waals surface area (Å²) in [5.41, 5.74) is -2.64. The normalized spacial score (nSPS) is 13.1. The van der Waals surface area contributed by atoms with Gasteiger partial charge in [-0.25, -0.2) is 0 Å². The van der Waals surface area contributed by atoms with E-state index in [9.17, 15) is 28.4 Å². The molecule has 0 heterocycles. The van der Waals surface area contributed by atoms with Crippen LogP contribution in [0.4, 0.5) is 24.5 Å². The molecule has 0 saturated heterocycles. The molecule has 2 N–H and O–H groups in total. The quantitative estimate of drug-likeness (QED) is 0.468. The van der Waals surface area contributed by atoms with E-state index < -0.39 is 34.1 Å². The van der Waals surface area contributed by atoms with Crippen LogP contribution in [0.3, 0.4) is 0 Å². The van der Waals surface area contributed by atoms with Gasteiger partial charge in [-0.3, -0.25) is 10.1 Å². The molecule has 1 aromatic rings. The number of rotatable bonds is 5. The van der Waals surface area contributed by atoms with Gasteiger partial charge in [0, 0.05) is 17.1 Å². The summed E-state index contributed by atoms with van der Waals surface area (Å²) in [6, 6.07) is 1.67. The maximum Gasteiger partial charge on any atom is 0.418 e. The minimum atomic E-state index is -4.78. The predicted molar refractivity (Wildman–Crippen MR) is 71.0 cm³/mol. The molecule has 0 aliphatic heterocycles. The number of anilines is 1. The van der Waals surface area contributed by atoms with E-state index in [4.69, 9.17) is 11.6 Å². The zero-order valence-electron chi connectivity index (χ0n) is 9.75. The Morgan fingerprint density at radius 3 is 2.55 bits per heavy atom. The molecule has 112 valence electrons. The lowest BCUT2D eigenvalue weighted by Gasteiger charge is -2.16. The fourth-order valence-corrected chi connectivity index (χ4v) is 1.98. The van der Waals surface area contributed by atoms with Crippen LogP contribution in [0.5, 0.6) is 0 Å². The molecule has 1 aromatic carbocycles. The zero-order chi connectivity index (χ0) is 15.5. The topological polar surface area (TPSA) is 75.4 Å². The lowest BCUT2D eigenvalue weighted by atomic mass is 10.1. The number of nitrogens with one attached hydrogen (secondary N) is 1. The summed E-state index contributed by atoms with van der Waals surface area (Å²) in [6.07, 6.45) is -5.90. The highest BCUT2D eigenvalue weighted by Gasteiger charge is 2.37. The second-order valence-corrected chi connectivity index (χ2v) is 5.02. The van der Waals surface area contributed by atoms with Crippen LogP contribution >= 0.6 is 27.5 Å². The van der Waals surface area contributed by atoms with Crippen LogP contribution in [0.1, 0.15) is 5.56 Å². The SMILES string of the molecule is O=[N+]([O-])c1cc(Br)cc(C(F)(F)F)c1NCC(O)CCl. The maximum absolute atomic E-state index is 12.9. The number of alkyl halides is 4. The molecule has 20 heavy (non-hydrogen) atoms. The average molecular weight is 378 g/mol. The first-order valence-corrected chi connectivity index (χ1v) is 6.52. The second kappa shape index (κ2) is 6.59. The van der Waals surface area contributed by atoms with Crippen molar-refractivity contribution >= 4 is 38.9 Å². The van der Waals surface area contributed by atoms with E-state index in [0.29, 0.717) is 0 Å². The summed E-state index contributed by atoms with van der Waals surface area (Å²) in [6.45, 7) is -0.338. The standard InChI is InChI=1S/C10H9BrClF3N2O3/c11-5-1-7(10(13,14)15)9(8(2-5)17(19)20)16-4-6(18)3-12/h1-2,6,16,18H,3-4H2. The largest absolute Gasteiger partial charge is 0.418 e.